The van der Waals surface area contributed by atoms with Crippen molar-refractivity contribution in [1.29, 1.82) is 0 Å². The molecule has 2 aromatic carbocycles. The molecule has 160 valence electrons. The second kappa shape index (κ2) is 11.0. The molecule has 0 unspecified atom stereocenters. The summed E-state index contributed by atoms with van der Waals surface area (Å²) in [4.78, 5) is 27.0. The first-order valence-corrected chi connectivity index (χ1v) is 11.0. The Bertz CT molecular complexity index is 837. The van der Waals surface area contributed by atoms with E-state index in [9.17, 15) is 14.0 Å². The SMILES string of the molecule is O=C(O)CCN1CCN(C(=O)CSCc2ccc(Oc3ccc(F)cc3)cc2)CC1. The summed E-state index contributed by atoms with van der Waals surface area (Å²) in [6.45, 7) is 3.27. The van der Waals surface area contributed by atoms with Gasteiger partial charge in [0.15, 0.2) is 0 Å². The van der Waals surface area contributed by atoms with Gasteiger partial charge in [-0.15, -0.1) is 11.8 Å². The Morgan fingerprint density at radius 1 is 0.967 bits per heavy atom. The summed E-state index contributed by atoms with van der Waals surface area (Å²) in [5, 5.41) is 8.75. The largest absolute Gasteiger partial charge is 0.481 e. The van der Waals surface area contributed by atoms with Crippen molar-refractivity contribution in [3.63, 3.8) is 0 Å². The van der Waals surface area contributed by atoms with Crippen LogP contribution in [-0.4, -0.2) is 65.3 Å². The summed E-state index contributed by atoms with van der Waals surface area (Å²) in [5.74, 6) is 1.42. The molecule has 2 aromatic rings. The van der Waals surface area contributed by atoms with Crippen molar-refractivity contribution < 1.29 is 23.8 Å². The van der Waals surface area contributed by atoms with E-state index in [4.69, 9.17) is 9.84 Å². The molecule has 1 heterocycles. The third-order valence-electron chi connectivity index (χ3n) is 4.83. The van der Waals surface area contributed by atoms with E-state index in [-0.39, 0.29) is 18.1 Å². The number of amides is 1. The topological polar surface area (TPSA) is 70.1 Å². The van der Waals surface area contributed by atoms with Gasteiger partial charge >= 0.3 is 5.97 Å². The molecule has 1 saturated heterocycles. The Hall–Kier alpha value is -2.58. The Labute approximate surface area is 179 Å². The zero-order valence-electron chi connectivity index (χ0n) is 16.6. The average molecular weight is 433 g/mol. The first-order valence-electron chi connectivity index (χ1n) is 9.81. The molecule has 0 aliphatic carbocycles. The number of carbonyl (C=O) groups excluding carboxylic acids is 1. The van der Waals surface area contributed by atoms with Crippen molar-refractivity contribution in [2.75, 3.05) is 38.5 Å². The third kappa shape index (κ3) is 7.03. The molecular weight excluding hydrogens is 407 g/mol. The van der Waals surface area contributed by atoms with E-state index in [1.807, 2.05) is 29.2 Å². The zero-order valence-corrected chi connectivity index (χ0v) is 17.4. The molecule has 0 aromatic heterocycles. The van der Waals surface area contributed by atoms with E-state index < -0.39 is 5.97 Å². The number of hydrogen-bond donors (Lipinski definition) is 1. The van der Waals surface area contributed by atoms with Crippen LogP contribution >= 0.6 is 11.8 Å². The second-order valence-electron chi connectivity index (χ2n) is 7.06. The van der Waals surface area contributed by atoms with Gasteiger partial charge in [0.2, 0.25) is 5.91 Å². The maximum atomic E-state index is 12.9. The van der Waals surface area contributed by atoms with Crippen molar-refractivity contribution in [2.24, 2.45) is 0 Å². The molecule has 6 nitrogen and oxygen atoms in total. The predicted molar refractivity (Wildman–Crippen MR) is 114 cm³/mol. The summed E-state index contributed by atoms with van der Waals surface area (Å²) >= 11 is 1.57. The molecule has 1 aliphatic heterocycles. The second-order valence-corrected chi connectivity index (χ2v) is 8.04. The van der Waals surface area contributed by atoms with Crippen LogP contribution in [0.4, 0.5) is 4.39 Å². The molecule has 30 heavy (non-hydrogen) atoms. The van der Waals surface area contributed by atoms with Gasteiger partial charge in [-0.05, 0) is 42.0 Å². The van der Waals surface area contributed by atoms with Crippen LogP contribution in [0.15, 0.2) is 48.5 Å². The fraction of sp³-hybridized carbons (Fsp3) is 0.364. The van der Waals surface area contributed by atoms with Crippen LogP contribution in [0.25, 0.3) is 0 Å². The summed E-state index contributed by atoms with van der Waals surface area (Å²) in [6, 6.07) is 13.5. The molecule has 0 saturated carbocycles. The number of halogens is 1. The van der Waals surface area contributed by atoms with Crippen molar-refractivity contribution in [1.82, 2.24) is 9.80 Å². The third-order valence-corrected chi connectivity index (χ3v) is 5.82. The monoisotopic (exact) mass is 432 g/mol. The number of rotatable bonds is 9. The van der Waals surface area contributed by atoms with Gasteiger partial charge in [0.05, 0.1) is 12.2 Å². The number of piperazine rings is 1. The van der Waals surface area contributed by atoms with Gasteiger partial charge in [-0.2, -0.15) is 0 Å². The summed E-state index contributed by atoms with van der Waals surface area (Å²) in [6.07, 6.45) is 0.136. The maximum absolute atomic E-state index is 12.9. The van der Waals surface area contributed by atoms with E-state index >= 15 is 0 Å². The van der Waals surface area contributed by atoms with Gasteiger partial charge in [0.25, 0.3) is 0 Å². The molecular formula is C22H25FN2O4S. The lowest BCUT2D eigenvalue weighted by atomic mass is 10.2. The fourth-order valence-corrected chi connectivity index (χ4v) is 4.00. The highest BCUT2D eigenvalue weighted by Gasteiger charge is 2.21. The first-order chi connectivity index (χ1) is 14.5. The van der Waals surface area contributed by atoms with Gasteiger partial charge in [0, 0.05) is 38.5 Å². The number of carboxylic acid groups (broad SMARTS) is 1. The first kappa shape index (κ1) is 22.1. The number of benzene rings is 2. The molecule has 0 radical (unpaired) electrons. The standard InChI is InChI=1S/C22H25FN2O4S/c23-18-3-7-20(8-4-18)29-19-5-1-17(2-6-19)15-30-16-21(26)25-13-11-24(12-14-25)10-9-22(27)28/h1-8H,9-16H2,(H,27,28). The van der Waals surface area contributed by atoms with Crippen LogP contribution in [0.1, 0.15) is 12.0 Å². The molecule has 0 spiro atoms. The smallest absolute Gasteiger partial charge is 0.304 e. The van der Waals surface area contributed by atoms with Crippen LogP contribution < -0.4 is 4.74 Å². The van der Waals surface area contributed by atoms with Crippen molar-refractivity contribution in [3.05, 3.63) is 59.9 Å². The normalized spacial score (nSPS) is 14.5. The van der Waals surface area contributed by atoms with Gasteiger partial charge in [-0.3, -0.25) is 14.5 Å². The van der Waals surface area contributed by atoms with Crippen molar-refractivity contribution in [3.8, 4) is 11.5 Å². The highest BCUT2D eigenvalue weighted by Crippen LogP contribution is 2.23. The lowest BCUT2D eigenvalue weighted by Gasteiger charge is -2.34. The number of nitrogens with zero attached hydrogens (tertiary/aromatic N) is 2. The lowest BCUT2D eigenvalue weighted by Crippen LogP contribution is -2.49. The zero-order chi connectivity index (χ0) is 21.3. The highest BCUT2D eigenvalue weighted by atomic mass is 32.2. The Balaban J connectivity index is 1.36. The van der Waals surface area contributed by atoms with Gasteiger partial charge < -0.3 is 14.7 Å². The van der Waals surface area contributed by atoms with Crippen LogP contribution in [0.2, 0.25) is 0 Å². The molecule has 1 aliphatic rings. The number of hydrogen-bond acceptors (Lipinski definition) is 5. The molecule has 8 heteroatoms. The minimum atomic E-state index is -0.792. The van der Waals surface area contributed by atoms with Gasteiger partial charge in [-0.1, -0.05) is 12.1 Å². The Kier molecular flexibility index (Phi) is 8.10. The molecule has 0 atom stereocenters. The molecule has 0 bridgehead atoms. The number of thioether (sulfide) groups is 1. The lowest BCUT2D eigenvalue weighted by molar-refractivity contribution is -0.138. The van der Waals surface area contributed by atoms with E-state index in [1.54, 1.807) is 23.9 Å². The average Bonchev–Trinajstić information content (AvgIpc) is 2.75. The van der Waals surface area contributed by atoms with E-state index in [0.717, 1.165) is 24.4 Å². The summed E-state index contributed by atoms with van der Waals surface area (Å²) in [7, 11) is 0. The van der Waals surface area contributed by atoms with Crippen molar-refractivity contribution >= 4 is 23.6 Å². The fourth-order valence-electron chi connectivity index (χ4n) is 3.11. The minimum absolute atomic E-state index is 0.120. The molecule has 3 rings (SSSR count). The Morgan fingerprint density at radius 2 is 1.57 bits per heavy atom. The van der Waals surface area contributed by atoms with Crippen LogP contribution in [-0.2, 0) is 15.3 Å². The quantitative estimate of drug-likeness (QED) is 0.654. The molecule has 1 fully saturated rings. The number of carbonyl (C=O) groups is 2. The summed E-state index contributed by atoms with van der Waals surface area (Å²) < 4.78 is 18.6. The number of ether oxygens (including phenoxy) is 1. The molecule has 1 N–H and O–H groups in total. The van der Waals surface area contributed by atoms with Crippen LogP contribution in [0.5, 0.6) is 11.5 Å². The van der Waals surface area contributed by atoms with Gasteiger partial charge in [0.1, 0.15) is 17.3 Å². The van der Waals surface area contributed by atoms with E-state index in [1.165, 1.54) is 12.1 Å². The van der Waals surface area contributed by atoms with Crippen LogP contribution in [0, 0.1) is 5.82 Å². The Morgan fingerprint density at radius 3 is 2.17 bits per heavy atom. The maximum Gasteiger partial charge on any atom is 0.304 e. The highest BCUT2D eigenvalue weighted by molar-refractivity contribution is 7.99. The number of carboxylic acids is 1. The van der Waals surface area contributed by atoms with Crippen molar-refractivity contribution in [2.45, 2.75) is 12.2 Å². The minimum Gasteiger partial charge on any atom is -0.481 e. The van der Waals surface area contributed by atoms with Crippen LogP contribution in [0.3, 0.4) is 0 Å². The predicted octanol–water partition coefficient (Wildman–Crippen LogP) is 3.47. The number of aliphatic carboxylic acids is 1. The molecule has 1 amide bonds. The van der Waals surface area contributed by atoms with E-state index in [2.05, 4.69) is 4.90 Å². The summed E-state index contributed by atoms with van der Waals surface area (Å²) in [5.41, 5.74) is 1.10. The van der Waals surface area contributed by atoms with E-state index in [0.29, 0.717) is 36.9 Å². The van der Waals surface area contributed by atoms with Gasteiger partial charge in [-0.25, -0.2) is 4.39 Å².